The molecule has 0 unspecified atom stereocenters. The van der Waals surface area contributed by atoms with Gasteiger partial charge in [0.25, 0.3) is 5.91 Å². The Hall–Kier alpha value is -2.63. The summed E-state index contributed by atoms with van der Waals surface area (Å²) in [5, 5.41) is 3.68. The normalized spacial score (nSPS) is 15.8. The van der Waals surface area contributed by atoms with Crippen molar-refractivity contribution in [2.45, 2.75) is 32.3 Å². The van der Waals surface area contributed by atoms with Crippen LogP contribution in [0, 0.1) is 6.92 Å². The van der Waals surface area contributed by atoms with Crippen molar-refractivity contribution in [1.29, 1.82) is 0 Å². The molecule has 1 atom stereocenters. The second-order valence-corrected chi connectivity index (χ2v) is 5.91. The van der Waals surface area contributed by atoms with E-state index < -0.39 is 12.1 Å². The van der Waals surface area contributed by atoms with E-state index in [1.165, 1.54) is 6.07 Å². The largest absolute Gasteiger partial charge is 0.441 e. The second-order valence-electron chi connectivity index (χ2n) is 5.91. The van der Waals surface area contributed by atoms with E-state index in [9.17, 15) is 9.59 Å². The Balaban J connectivity index is 1.82. The van der Waals surface area contributed by atoms with Gasteiger partial charge in [0.05, 0.1) is 5.69 Å². The van der Waals surface area contributed by atoms with Crippen LogP contribution in [0.5, 0.6) is 0 Å². The molecule has 1 aromatic heterocycles. The average molecular weight is 328 g/mol. The number of ether oxygens (including phenoxy) is 1. The molecule has 24 heavy (non-hydrogen) atoms. The zero-order valence-corrected chi connectivity index (χ0v) is 13.6. The van der Waals surface area contributed by atoms with Gasteiger partial charge in [-0.3, -0.25) is 4.79 Å². The highest BCUT2D eigenvalue weighted by Crippen LogP contribution is 2.24. The van der Waals surface area contributed by atoms with Gasteiger partial charge in [-0.2, -0.15) is 0 Å². The van der Waals surface area contributed by atoms with Crippen molar-refractivity contribution in [3.05, 3.63) is 53.4 Å². The summed E-state index contributed by atoms with van der Waals surface area (Å²) in [5.41, 5.74) is 1.23. The standard InChI is InChI=1S/C18H20N2O4/c1-13-12-15(24-19-13)18(22)23-16(14-8-4-2-5-9-14)17(21)20-10-6-3-7-11-20/h2,4-5,8-9,12,16H,3,6-7,10-11H2,1H3/t16-/m0/s1. The lowest BCUT2D eigenvalue weighted by Gasteiger charge is -2.30. The number of nitrogens with zero attached hydrogens (tertiary/aromatic N) is 2. The molecule has 2 heterocycles. The number of benzene rings is 1. The van der Waals surface area contributed by atoms with Crippen molar-refractivity contribution in [3.8, 4) is 0 Å². The summed E-state index contributed by atoms with van der Waals surface area (Å²) in [6.45, 7) is 3.11. The van der Waals surface area contributed by atoms with Gasteiger partial charge in [0.15, 0.2) is 0 Å². The summed E-state index contributed by atoms with van der Waals surface area (Å²) < 4.78 is 10.4. The summed E-state index contributed by atoms with van der Waals surface area (Å²) in [6, 6.07) is 10.6. The van der Waals surface area contributed by atoms with E-state index in [0.29, 0.717) is 24.3 Å². The Kier molecular flexibility index (Phi) is 4.93. The molecule has 6 nitrogen and oxygen atoms in total. The minimum Gasteiger partial charge on any atom is -0.441 e. The SMILES string of the molecule is Cc1cc(C(=O)O[C@H](C(=O)N2CCCCC2)c2ccccc2)on1. The predicted molar refractivity (Wildman–Crippen MR) is 86.3 cm³/mol. The van der Waals surface area contributed by atoms with E-state index in [1.807, 2.05) is 18.2 Å². The zero-order chi connectivity index (χ0) is 16.9. The van der Waals surface area contributed by atoms with E-state index >= 15 is 0 Å². The molecule has 0 N–H and O–H groups in total. The molecule has 1 fully saturated rings. The number of esters is 1. The third-order valence-corrected chi connectivity index (χ3v) is 4.05. The number of piperidine rings is 1. The highest BCUT2D eigenvalue weighted by atomic mass is 16.6. The summed E-state index contributed by atoms with van der Waals surface area (Å²) >= 11 is 0. The highest BCUT2D eigenvalue weighted by Gasteiger charge is 2.31. The van der Waals surface area contributed by atoms with Crippen molar-refractivity contribution in [2.75, 3.05) is 13.1 Å². The minimum atomic E-state index is -0.970. The zero-order valence-electron chi connectivity index (χ0n) is 13.6. The summed E-state index contributed by atoms with van der Waals surface area (Å²) in [7, 11) is 0. The van der Waals surface area contributed by atoms with Gasteiger partial charge in [0, 0.05) is 24.7 Å². The number of hydrogen-bond acceptors (Lipinski definition) is 5. The van der Waals surface area contributed by atoms with Crippen LogP contribution in [0.1, 0.15) is 47.2 Å². The lowest BCUT2D eigenvalue weighted by atomic mass is 10.1. The third kappa shape index (κ3) is 3.64. The van der Waals surface area contributed by atoms with E-state index in [-0.39, 0.29) is 11.7 Å². The van der Waals surface area contributed by atoms with E-state index in [2.05, 4.69) is 5.16 Å². The van der Waals surface area contributed by atoms with Gasteiger partial charge >= 0.3 is 5.97 Å². The summed E-state index contributed by atoms with van der Waals surface area (Å²) in [5.74, 6) is -0.875. The molecule has 0 saturated carbocycles. The molecule has 6 heteroatoms. The number of amides is 1. The molecule has 1 saturated heterocycles. The van der Waals surface area contributed by atoms with Gasteiger partial charge in [0.1, 0.15) is 0 Å². The molecule has 1 aliphatic heterocycles. The van der Waals surface area contributed by atoms with Gasteiger partial charge in [-0.1, -0.05) is 35.5 Å². The van der Waals surface area contributed by atoms with Gasteiger partial charge in [-0.05, 0) is 26.2 Å². The van der Waals surface area contributed by atoms with Crippen molar-refractivity contribution in [1.82, 2.24) is 10.1 Å². The first kappa shape index (κ1) is 16.2. The number of carbonyl (C=O) groups is 2. The first-order valence-electron chi connectivity index (χ1n) is 8.13. The second kappa shape index (κ2) is 7.29. The van der Waals surface area contributed by atoms with E-state index in [4.69, 9.17) is 9.26 Å². The number of carbonyl (C=O) groups excluding carboxylic acids is 2. The molecule has 0 aliphatic carbocycles. The number of aromatic nitrogens is 1. The summed E-state index contributed by atoms with van der Waals surface area (Å²) in [4.78, 5) is 26.9. The monoisotopic (exact) mass is 328 g/mol. The smallest absolute Gasteiger partial charge is 0.378 e. The molecule has 1 amide bonds. The lowest BCUT2D eigenvalue weighted by Crippen LogP contribution is -2.40. The molecule has 0 spiro atoms. The Bertz CT molecular complexity index is 705. The Morgan fingerprint density at radius 3 is 2.50 bits per heavy atom. The molecule has 0 bridgehead atoms. The van der Waals surface area contributed by atoms with Crippen LogP contribution in [-0.2, 0) is 9.53 Å². The fraction of sp³-hybridized carbons (Fsp3) is 0.389. The maximum absolute atomic E-state index is 12.9. The minimum absolute atomic E-state index is 0.000115. The van der Waals surface area contributed by atoms with Crippen LogP contribution >= 0.6 is 0 Å². The molecule has 1 aliphatic rings. The van der Waals surface area contributed by atoms with Crippen LogP contribution in [0.3, 0.4) is 0 Å². The molecule has 1 aromatic carbocycles. The molecular formula is C18H20N2O4. The highest BCUT2D eigenvalue weighted by molar-refractivity contribution is 5.90. The quantitative estimate of drug-likeness (QED) is 0.807. The van der Waals surface area contributed by atoms with E-state index in [0.717, 1.165) is 19.3 Å². The lowest BCUT2D eigenvalue weighted by molar-refractivity contribution is -0.142. The predicted octanol–water partition coefficient (Wildman–Crippen LogP) is 2.89. The van der Waals surface area contributed by atoms with Gasteiger partial charge < -0.3 is 14.2 Å². The van der Waals surface area contributed by atoms with Crippen LogP contribution in [0.15, 0.2) is 40.9 Å². The fourth-order valence-corrected chi connectivity index (χ4v) is 2.79. The van der Waals surface area contributed by atoms with Gasteiger partial charge in [-0.15, -0.1) is 0 Å². The molecule has 0 radical (unpaired) electrons. The molecule has 2 aromatic rings. The Morgan fingerprint density at radius 2 is 1.88 bits per heavy atom. The number of likely N-dealkylation sites (tertiary alicyclic amines) is 1. The van der Waals surface area contributed by atoms with Gasteiger partial charge in [-0.25, -0.2) is 4.79 Å². The van der Waals surface area contributed by atoms with Crippen LogP contribution in [0.2, 0.25) is 0 Å². The first-order chi connectivity index (χ1) is 11.6. The van der Waals surface area contributed by atoms with Crippen molar-refractivity contribution in [2.24, 2.45) is 0 Å². The van der Waals surface area contributed by atoms with E-state index in [1.54, 1.807) is 24.0 Å². The van der Waals surface area contributed by atoms with Crippen LogP contribution in [0.25, 0.3) is 0 Å². The average Bonchev–Trinajstić information content (AvgIpc) is 3.07. The number of aryl methyl sites for hydroxylation is 1. The van der Waals surface area contributed by atoms with Crippen LogP contribution < -0.4 is 0 Å². The van der Waals surface area contributed by atoms with Gasteiger partial charge in [0.2, 0.25) is 11.9 Å². The van der Waals surface area contributed by atoms with Crippen LogP contribution in [0.4, 0.5) is 0 Å². The maximum atomic E-state index is 12.9. The summed E-state index contributed by atoms with van der Waals surface area (Å²) in [6.07, 6.45) is 2.10. The Labute approximate surface area is 140 Å². The molecule has 126 valence electrons. The third-order valence-electron chi connectivity index (χ3n) is 4.05. The maximum Gasteiger partial charge on any atom is 0.378 e. The first-order valence-corrected chi connectivity index (χ1v) is 8.13. The fourth-order valence-electron chi connectivity index (χ4n) is 2.79. The van der Waals surface area contributed by atoms with Crippen LogP contribution in [-0.4, -0.2) is 35.0 Å². The number of hydrogen-bond donors (Lipinski definition) is 0. The molecular weight excluding hydrogens is 308 g/mol. The number of rotatable bonds is 4. The van der Waals surface area contributed by atoms with Crippen molar-refractivity contribution < 1.29 is 18.8 Å². The van der Waals surface area contributed by atoms with Crippen molar-refractivity contribution in [3.63, 3.8) is 0 Å². The Morgan fingerprint density at radius 1 is 1.17 bits per heavy atom. The van der Waals surface area contributed by atoms with Crippen molar-refractivity contribution >= 4 is 11.9 Å². The molecule has 3 rings (SSSR count). The topological polar surface area (TPSA) is 72.6 Å².